The Hall–Kier alpha value is 0.360. The van der Waals surface area contributed by atoms with Gasteiger partial charge in [-0.3, -0.25) is 0 Å². The summed E-state index contributed by atoms with van der Waals surface area (Å²) in [7, 11) is 0. The molecule has 1 rings (SSSR count). The van der Waals surface area contributed by atoms with Crippen molar-refractivity contribution < 1.29 is 14.0 Å². The minimum Gasteiger partial charge on any atom is -0.396 e. The molecule has 0 radical (unpaired) electrons. The molecule has 84 valence electrons. The molecule has 3 nitrogen and oxygen atoms in total. The molecule has 14 heavy (non-hydrogen) atoms. The minimum atomic E-state index is -0.429. The zero-order valence-electron chi connectivity index (χ0n) is 8.69. The second-order valence-corrected chi connectivity index (χ2v) is 4.61. The summed E-state index contributed by atoms with van der Waals surface area (Å²) in [6, 6.07) is 0. The standard InChI is InChI=1S/C10H19BrO3/c1-3-6(2)10-7(5-12)8(13)4-9(10)14-11/h6-10,12-13H,3-5H2,1-2H3/t6?,7-,8+,9-,10+/m0/s1. The molecule has 1 aliphatic carbocycles. The normalized spacial score (nSPS) is 40.1. The van der Waals surface area contributed by atoms with Crippen molar-refractivity contribution in [3.05, 3.63) is 0 Å². The third-order valence-electron chi connectivity index (χ3n) is 3.52. The lowest BCUT2D eigenvalue weighted by atomic mass is 9.82. The SMILES string of the molecule is CCC(C)[C@@H]1[C@@H](CO)[C@H](O)C[C@@H]1OBr. The zero-order chi connectivity index (χ0) is 10.7. The number of aliphatic hydroxyl groups excluding tert-OH is 2. The van der Waals surface area contributed by atoms with Gasteiger partial charge in [0.05, 0.1) is 28.5 Å². The summed E-state index contributed by atoms with van der Waals surface area (Å²) in [5, 5.41) is 19.0. The Morgan fingerprint density at radius 1 is 1.57 bits per heavy atom. The molecular formula is C10H19BrO3. The van der Waals surface area contributed by atoms with E-state index in [1.165, 1.54) is 0 Å². The summed E-state index contributed by atoms with van der Waals surface area (Å²) in [6.07, 6.45) is 1.25. The van der Waals surface area contributed by atoms with Crippen LogP contribution in [0.3, 0.4) is 0 Å². The van der Waals surface area contributed by atoms with Gasteiger partial charge in [0.2, 0.25) is 0 Å². The first-order valence-electron chi connectivity index (χ1n) is 5.22. The van der Waals surface area contributed by atoms with Gasteiger partial charge >= 0.3 is 0 Å². The fraction of sp³-hybridized carbons (Fsp3) is 1.00. The molecule has 2 N–H and O–H groups in total. The van der Waals surface area contributed by atoms with Gasteiger partial charge < -0.3 is 14.0 Å². The Morgan fingerprint density at radius 3 is 2.64 bits per heavy atom. The van der Waals surface area contributed by atoms with Crippen molar-refractivity contribution in [2.75, 3.05) is 6.61 Å². The molecule has 0 amide bonds. The van der Waals surface area contributed by atoms with Crippen LogP contribution < -0.4 is 0 Å². The van der Waals surface area contributed by atoms with Gasteiger partial charge in [-0.05, 0) is 11.8 Å². The number of rotatable bonds is 4. The lowest BCUT2D eigenvalue weighted by molar-refractivity contribution is 0.0518. The van der Waals surface area contributed by atoms with Crippen LogP contribution in [0.4, 0.5) is 0 Å². The predicted octanol–water partition coefficient (Wildman–Crippen LogP) is 1.72. The second-order valence-electron chi connectivity index (χ2n) is 4.24. The van der Waals surface area contributed by atoms with Crippen LogP contribution in [-0.4, -0.2) is 29.0 Å². The number of aliphatic hydroxyl groups is 2. The highest BCUT2D eigenvalue weighted by Gasteiger charge is 2.44. The first-order chi connectivity index (χ1) is 6.65. The summed E-state index contributed by atoms with van der Waals surface area (Å²) >= 11 is 3.01. The maximum absolute atomic E-state index is 9.74. The molecule has 0 spiro atoms. The third kappa shape index (κ3) is 2.30. The molecule has 0 saturated heterocycles. The van der Waals surface area contributed by atoms with Crippen molar-refractivity contribution in [1.29, 1.82) is 0 Å². The second kappa shape index (κ2) is 5.45. The van der Waals surface area contributed by atoms with Gasteiger partial charge in [-0.25, -0.2) is 0 Å². The van der Waals surface area contributed by atoms with Crippen LogP contribution in [0.5, 0.6) is 0 Å². The van der Waals surface area contributed by atoms with E-state index in [4.69, 9.17) is 3.83 Å². The van der Waals surface area contributed by atoms with Crippen molar-refractivity contribution in [3.63, 3.8) is 0 Å². The molecule has 1 fully saturated rings. The quantitative estimate of drug-likeness (QED) is 0.815. The molecule has 1 saturated carbocycles. The molecule has 0 aliphatic heterocycles. The maximum Gasteiger partial charge on any atom is 0.0990 e. The minimum absolute atomic E-state index is 0.0251. The molecular weight excluding hydrogens is 248 g/mol. The van der Waals surface area contributed by atoms with Crippen molar-refractivity contribution in [1.82, 2.24) is 0 Å². The van der Waals surface area contributed by atoms with Crippen LogP contribution in [0, 0.1) is 17.8 Å². The summed E-state index contributed by atoms with van der Waals surface area (Å²) in [5.74, 6) is 0.679. The largest absolute Gasteiger partial charge is 0.396 e. The van der Waals surface area contributed by atoms with Crippen LogP contribution in [0.25, 0.3) is 0 Å². The van der Waals surface area contributed by atoms with Gasteiger partial charge in [-0.15, -0.1) is 0 Å². The topological polar surface area (TPSA) is 49.7 Å². The number of halogens is 1. The number of hydrogen-bond donors (Lipinski definition) is 2. The van der Waals surface area contributed by atoms with Crippen molar-refractivity contribution in [3.8, 4) is 0 Å². The molecule has 1 aliphatic rings. The molecule has 0 aromatic rings. The van der Waals surface area contributed by atoms with Crippen molar-refractivity contribution in [2.45, 2.75) is 38.9 Å². The van der Waals surface area contributed by atoms with E-state index in [2.05, 4.69) is 30.1 Å². The van der Waals surface area contributed by atoms with Crippen LogP contribution >= 0.6 is 16.3 Å². The molecule has 0 heterocycles. The molecule has 5 atom stereocenters. The van der Waals surface area contributed by atoms with Crippen LogP contribution in [0.1, 0.15) is 26.7 Å². The van der Waals surface area contributed by atoms with E-state index in [-0.39, 0.29) is 24.5 Å². The van der Waals surface area contributed by atoms with Gasteiger partial charge in [0.15, 0.2) is 0 Å². The Morgan fingerprint density at radius 2 is 2.21 bits per heavy atom. The average Bonchev–Trinajstić information content (AvgIpc) is 2.53. The Kier molecular flexibility index (Phi) is 4.83. The van der Waals surface area contributed by atoms with E-state index in [1.54, 1.807) is 0 Å². The fourth-order valence-electron chi connectivity index (χ4n) is 2.50. The molecule has 0 bridgehead atoms. The van der Waals surface area contributed by atoms with Crippen LogP contribution in [0.2, 0.25) is 0 Å². The van der Waals surface area contributed by atoms with E-state index in [0.29, 0.717) is 12.3 Å². The summed E-state index contributed by atoms with van der Waals surface area (Å²) < 4.78 is 5.19. The van der Waals surface area contributed by atoms with E-state index >= 15 is 0 Å². The Labute approximate surface area is 93.9 Å². The van der Waals surface area contributed by atoms with Crippen LogP contribution in [0.15, 0.2) is 0 Å². The monoisotopic (exact) mass is 266 g/mol. The van der Waals surface area contributed by atoms with Crippen LogP contribution in [-0.2, 0) is 3.83 Å². The van der Waals surface area contributed by atoms with E-state index in [9.17, 15) is 10.2 Å². The van der Waals surface area contributed by atoms with Gasteiger partial charge in [0, 0.05) is 18.9 Å². The van der Waals surface area contributed by atoms with E-state index < -0.39 is 6.10 Å². The fourth-order valence-corrected chi connectivity index (χ4v) is 2.90. The highest BCUT2D eigenvalue weighted by atomic mass is 79.9. The van der Waals surface area contributed by atoms with Gasteiger partial charge in [-0.2, -0.15) is 0 Å². The summed E-state index contributed by atoms with van der Waals surface area (Å²) in [4.78, 5) is 0. The molecule has 1 unspecified atom stereocenters. The van der Waals surface area contributed by atoms with E-state index in [1.807, 2.05) is 0 Å². The molecule has 4 heteroatoms. The summed E-state index contributed by atoms with van der Waals surface area (Å²) in [5.41, 5.74) is 0. The molecule has 0 aromatic heterocycles. The smallest absolute Gasteiger partial charge is 0.0990 e. The highest BCUT2D eigenvalue weighted by Crippen LogP contribution is 2.40. The maximum atomic E-state index is 9.74. The zero-order valence-corrected chi connectivity index (χ0v) is 10.3. The third-order valence-corrected chi connectivity index (χ3v) is 4.00. The van der Waals surface area contributed by atoms with E-state index in [0.717, 1.165) is 6.42 Å². The lowest BCUT2D eigenvalue weighted by Crippen LogP contribution is -2.30. The average molecular weight is 267 g/mol. The first-order valence-corrected chi connectivity index (χ1v) is 5.86. The van der Waals surface area contributed by atoms with Gasteiger partial charge in [-0.1, -0.05) is 20.3 Å². The Balaban J connectivity index is 2.73. The van der Waals surface area contributed by atoms with Crippen molar-refractivity contribution >= 4 is 16.3 Å². The van der Waals surface area contributed by atoms with Crippen molar-refractivity contribution in [2.24, 2.45) is 17.8 Å². The first kappa shape index (κ1) is 12.4. The Bertz CT molecular complexity index is 177. The van der Waals surface area contributed by atoms with Gasteiger partial charge in [0.1, 0.15) is 0 Å². The molecule has 0 aromatic carbocycles. The predicted molar refractivity (Wildman–Crippen MR) is 57.9 cm³/mol. The lowest BCUT2D eigenvalue weighted by Gasteiger charge is -2.27. The number of hydrogen-bond acceptors (Lipinski definition) is 3. The summed E-state index contributed by atoms with van der Waals surface area (Å²) in [6.45, 7) is 4.31. The highest BCUT2D eigenvalue weighted by molar-refractivity contribution is 9.06. The van der Waals surface area contributed by atoms with Gasteiger partial charge in [0.25, 0.3) is 0 Å².